The number of phenolic OH excluding ortho intramolecular Hbond substituents is 1. The summed E-state index contributed by atoms with van der Waals surface area (Å²) in [5.41, 5.74) is 6.86. The normalized spacial score (nSPS) is 20.9. The number of thiazole rings is 1. The van der Waals surface area contributed by atoms with Crippen LogP contribution in [0, 0.1) is 24.6 Å². The summed E-state index contributed by atoms with van der Waals surface area (Å²) in [6.45, 7) is 19.7. The van der Waals surface area contributed by atoms with Crippen LogP contribution in [-0.4, -0.2) is 153 Å². The molecule has 5 saturated heterocycles. The molecule has 3 N–H and O–H groups in total. The van der Waals surface area contributed by atoms with E-state index >= 15 is 4.39 Å². The molecule has 5 aliphatic heterocycles. The number of anilines is 2. The summed E-state index contributed by atoms with van der Waals surface area (Å²) in [4.78, 5) is 59.4. The maximum absolute atomic E-state index is 17.1. The number of hydrogen-bond donors (Lipinski definition) is 3. The summed E-state index contributed by atoms with van der Waals surface area (Å²) in [6, 6.07) is 19.5. The molecular weight excluding hydrogens is 1040 g/mol. The van der Waals surface area contributed by atoms with Crippen molar-refractivity contribution in [2.75, 3.05) is 88.4 Å². The van der Waals surface area contributed by atoms with E-state index < -0.39 is 17.8 Å². The van der Waals surface area contributed by atoms with Gasteiger partial charge in [-0.15, -0.1) is 11.3 Å². The summed E-state index contributed by atoms with van der Waals surface area (Å²) in [7, 11) is 0. The number of amides is 2. The van der Waals surface area contributed by atoms with Crippen molar-refractivity contribution >= 4 is 56.5 Å². The van der Waals surface area contributed by atoms with Gasteiger partial charge in [-0.2, -0.15) is 9.97 Å². The lowest BCUT2D eigenvalue weighted by Crippen LogP contribution is -2.51. The van der Waals surface area contributed by atoms with E-state index in [2.05, 4.69) is 71.6 Å². The first kappa shape index (κ1) is 54.8. The summed E-state index contributed by atoms with van der Waals surface area (Å²) in [5, 5.41) is 24.4. The molecule has 17 nitrogen and oxygen atoms in total. The molecule has 4 aromatic heterocycles. The molecule has 0 aliphatic carbocycles. The fourth-order valence-electron chi connectivity index (χ4n) is 13.3. The molecule has 2 amide bonds. The zero-order valence-corrected chi connectivity index (χ0v) is 48.1. The van der Waals surface area contributed by atoms with Crippen molar-refractivity contribution in [2.45, 2.75) is 110 Å². The second kappa shape index (κ2) is 23.6. The Labute approximate surface area is 477 Å². The van der Waals surface area contributed by atoms with Crippen LogP contribution in [0.15, 0.2) is 76.9 Å². The number of aryl methyl sites for hydroxylation is 2. The maximum atomic E-state index is 17.1. The topological polar surface area (TPSA) is 181 Å². The molecule has 2 unspecified atom stereocenters. The highest BCUT2D eigenvalue weighted by Crippen LogP contribution is 2.40. The number of ether oxygens (including phenoxy) is 1. The molecule has 2 bridgehead atoms. The minimum absolute atomic E-state index is 0.0498. The SMILES string of the molecule is CCc1cccc2cc(O)cc(-c3ncc4c(N5CC6CCC(C5)N6)nc(OCCN5CCC(CN6CCN(c7cc([C@H](C(=O)N8CCC[C@H]8C(=O)N[C@@H](C)c8ccc(-c9scnc9C)cc8)C(C)C)on7)CC6)CC5)nc4c3F)c12. The molecular formula is C62H75FN12O5S. The van der Waals surface area contributed by atoms with Gasteiger partial charge in [0.1, 0.15) is 41.3 Å². The number of fused-ring (bicyclic) bond motifs is 4. The maximum Gasteiger partial charge on any atom is 0.319 e. The van der Waals surface area contributed by atoms with Crippen LogP contribution in [0.4, 0.5) is 16.0 Å². The fourth-order valence-corrected chi connectivity index (χ4v) is 14.1. The molecule has 12 rings (SSSR count). The highest BCUT2D eigenvalue weighted by molar-refractivity contribution is 7.13. The van der Waals surface area contributed by atoms with Gasteiger partial charge < -0.3 is 39.7 Å². The number of aromatic hydroxyl groups is 1. The average Bonchev–Trinajstić information content (AvgIpc) is 4.36. The lowest BCUT2D eigenvalue weighted by atomic mass is 9.91. The number of piperazine rings is 2. The van der Waals surface area contributed by atoms with Gasteiger partial charge >= 0.3 is 6.01 Å². The Kier molecular flexibility index (Phi) is 15.9. The Morgan fingerprint density at radius 3 is 2.41 bits per heavy atom. The smallest absolute Gasteiger partial charge is 0.319 e. The summed E-state index contributed by atoms with van der Waals surface area (Å²) < 4.78 is 29.5. The number of phenols is 1. The highest BCUT2D eigenvalue weighted by atomic mass is 32.1. The van der Waals surface area contributed by atoms with Crippen molar-refractivity contribution in [1.29, 1.82) is 0 Å². The molecule has 7 aromatic rings. The number of nitrogens with zero attached hydrogens (tertiary/aromatic N) is 10. The largest absolute Gasteiger partial charge is 0.508 e. The molecule has 426 valence electrons. The number of likely N-dealkylation sites (tertiary alicyclic amines) is 2. The molecule has 0 radical (unpaired) electrons. The number of carbonyl (C=O) groups excluding carboxylic acids is 2. The predicted octanol–water partition coefficient (Wildman–Crippen LogP) is 9.13. The number of hydrogen-bond acceptors (Lipinski definition) is 16. The third-order valence-electron chi connectivity index (χ3n) is 17.8. The number of halogens is 1. The molecule has 0 spiro atoms. The van der Waals surface area contributed by atoms with E-state index in [1.54, 1.807) is 34.6 Å². The van der Waals surface area contributed by atoms with Gasteiger partial charge in [-0.1, -0.05) is 68.4 Å². The number of nitrogens with one attached hydrogen (secondary N) is 2. The van der Waals surface area contributed by atoms with E-state index in [-0.39, 0.29) is 46.7 Å². The third kappa shape index (κ3) is 11.4. The molecule has 0 saturated carbocycles. The van der Waals surface area contributed by atoms with E-state index in [9.17, 15) is 14.7 Å². The zero-order chi connectivity index (χ0) is 55.9. The van der Waals surface area contributed by atoms with Gasteiger partial charge in [0.25, 0.3) is 0 Å². The van der Waals surface area contributed by atoms with E-state index in [1.807, 2.05) is 57.5 Å². The predicted molar refractivity (Wildman–Crippen MR) is 314 cm³/mol. The molecule has 19 heteroatoms. The van der Waals surface area contributed by atoms with Gasteiger partial charge in [0.15, 0.2) is 17.4 Å². The summed E-state index contributed by atoms with van der Waals surface area (Å²) in [5.74, 6) is 1.17. The van der Waals surface area contributed by atoms with Crippen molar-refractivity contribution < 1.29 is 28.3 Å². The Balaban J connectivity index is 0.630. The van der Waals surface area contributed by atoms with Gasteiger partial charge in [0.05, 0.1) is 27.5 Å². The van der Waals surface area contributed by atoms with Crippen molar-refractivity contribution in [3.8, 4) is 33.5 Å². The van der Waals surface area contributed by atoms with Gasteiger partial charge in [-0.25, -0.2) is 9.37 Å². The molecule has 81 heavy (non-hydrogen) atoms. The first-order valence-corrected chi connectivity index (χ1v) is 30.3. The monoisotopic (exact) mass is 1120 g/mol. The van der Waals surface area contributed by atoms with Crippen LogP contribution < -0.4 is 25.2 Å². The van der Waals surface area contributed by atoms with Crippen LogP contribution in [0.25, 0.3) is 43.4 Å². The van der Waals surface area contributed by atoms with E-state index in [0.29, 0.717) is 66.6 Å². The molecule has 5 fully saturated rings. The van der Waals surface area contributed by atoms with Crippen molar-refractivity contribution in [3.05, 3.63) is 101 Å². The standard InChI is InChI=1S/C62H75FN12O5S/c1-6-41-9-7-10-44-29-47(76)30-48(54(41)44)56-55(63)57-49(32-64-56)59(74-34-45-16-17-46(35-74)67-45)69-62(68-57)79-28-27-71-21-18-40(19-22-71)33-72-23-25-73(26-24-72)52-31-51(80-70-52)53(37(2)3)61(78)75-20-8-11-50(75)60(77)66-38(4)42-12-14-43(15-13-42)58-39(5)65-36-81-58/h7,9-10,12-15,29-32,36-38,40,45-46,50,53,67,76H,6,8,11,16-28,33-35H2,1-5H3,(H,66,77)/t38-,45?,46?,50-,53+/m0/s1. The minimum atomic E-state index is -0.556. The summed E-state index contributed by atoms with van der Waals surface area (Å²) in [6.07, 6.45) is 8.18. The number of aromatic nitrogens is 5. The minimum Gasteiger partial charge on any atom is -0.508 e. The molecule has 9 heterocycles. The van der Waals surface area contributed by atoms with Crippen LogP contribution in [0.2, 0.25) is 0 Å². The molecule has 5 atom stereocenters. The Hall–Kier alpha value is -6.80. The first-order valence-electron chi connectivity index (χ1n) is 29.4. The number of benzene rings is 3. The number of piperidine rings is 1. The van der Waals surface area contributed by atoms with Crippen LogP contribution in [0.5, 0.6) is 11.8 Å². The Morgan fingerprint density at radius 1 is 0.901 bits per heavy atom. The number of rotatable bonds is 17. The van der Waals surface area contributed by atoms with Gasteiger partial charge in [0, 0.05) is 88.8 Å². The van der Waals surface area contributed by atoms with Crippen molar-refractivity contribution in [3.63, 3.8) is 0 Å². The van der Waals surface area contributed by atoms with E-state index in [1.165, 1.54) is 0 Å². The van der Waals surface area contributed by atoms with Crippen molar-refractivity contribution in [1.82, 2.24) is 50.4 Å². The quantitative estimate of drug-likeness (QED) is 0.0785. The Bertz CT molecular complexity index is 3380. The lowest BCUT2D eigenvalue weighted by molar-refractivity contribution is -0.141. The highest BCUT2D eigenvalue weighted by Gasteiger charge is 2.41. The second-order valence-corrected chi connectivity index (χ2v) is 24.3. The molecule has 5 aliphatic rings. The van der Waals surface area contributed by atoms with Gasteiger partial charge in [-0.3, -0.25) is 24.4 Å². The third-order valence-corrected chi connectivity index (χ3v) is 18.8. The van der Waals surface area contributed by atoms with Crippen LogP contribution in [0.1, 0.15) is 101 Å². The molecule has 3 aromatic carbocycles. The van der Waals surface area contributed by atoms with Gasteiger partial charge in [0.2, 0.25) is 11.8 Å². The van der Waals surface area contributed by atoms with Crippen LogP contribution in [0.3, 0.4) is 0 Å². The zero-order valence-electron chi connectivity index (χ0n) is 47.2. The first-order chi connectivity index (χ1) is 39.3. The van der Waals surface area contributed by atoms with Crippen LogP contribution >= 0.6 is 11.3 Å². The number of pyridine rings is 1. The average molecular weight is 1120 g/mol. The Morgan fingerprint density at radius 2 is 1.68 bits per heavy atom. The number of carbonyl (C=O) groups is 2. The van der Waals surface area contributed by atoms with Crippen molar-refractivity contribution in [2.24, 2.45) is 11.8 Å². The van der Waals surface area contributed by atoms with E-state index in [0.717, 1.165) is 141 Å². The van der Waals surface area contributed by atoms with Crippen LogP contribution in [-0.2, 0) is 16.0 Å². The lowest BCUT2D eigenvalue weighted by Gasteiger charge is -2.38. The van der Waals surface area contributed by atoms with E-state index in [4.69, 9.17) is 24.2 Å². The fraction of sp³-hybridized carbons (Fsp3) is 0.500. The summed E-state index contributed by atoms with van der Waals surface area (Å²) >= 11 is 1.62. The second-order valence-electron chi connectivity index (χ2n) is 23.5. The van der Waals surface area contributed by atoms with Gasteiger partial charge in [-0.05, 0) is 123 Å².